The normalized spacial score (nSPS) is 23.8. The van der Waals surface area contributed by atoms with E-state index in [1.54, 1.807) is 0 Å². The Hall–Kier alpha value is -1.24. The lowest BCUT2D eigenvalue weighted by molar-refractivity contribution is 0.439. The summed E-state index contributed by atoms with van der Waals surface area (Å²) in [4.78, 5) is 2.33. The average molecular weight is 201 g/mol. The van der Waals surface area contributed by atoms with Gasteiger partial charge in [-0.25, -0.2) is 0 Å². The third-order valence-corrected chi connectivity index (χ3v) is 3.00. The molecule has 0 saturated heterocycles. The minimum atomic E-state index is 0.168. The molecule has 0 atom stereocenters. The second kappa shape index (κ2) is 3.73. The number of allylic oxidation sites excluding steroid dienone is 6. The number of nitrogens with zero attached hydrogens (tertiary/aromatic N) is 1. The lowest BCUT2D eigenvalue weighted by Crippen LogP contribution is -2.17. The molecule has 1 nitrogen and oxygen atoms in total. The van der Waals surface area contributed by atoms with Crippen LogP contribution in [0.25, 0.3) is 0 Å². The van der Waals surface area contributed by atoms with E-state index >= 15 is 0 Å². The number of likely N-dealkylation sites (N-methyl/N-ethyl adjacent to an activating group) is 1. The van der Waals surface area contributed by atoms with Gasteiger partial charge in [0, 0.05) is 24.7 Å². The highest BCUT2D eigenvalue weighted by Gasteiger charge is 2.15. The molecule has 2 rings (SSSR count). The van der Waals surface area contributed by atoms with Gasteiger partial charge in [-0.1, -0.05) is 44.2 Å². The van der Waals surface area contributed by atoms with E-state index in [4.69, 9.17) is 0 Å². The smallest absolute Gasteiger partial charge is 0.0434 e. The molecule has 0 radical (unpaired) electrons. The fourth-order valence-electron chi connectivity index (χ4n) is 1.92. The van der Waals surface area contributed by atoms with Crippen molar-refractivity contribution < 1.29 is 0 Å². The van der Waals surface area contributed by atoms with Crippen LogP contribution in [0.15, 0.2) is 47.7 Å². The molecule has 1 aliphatic carbocycles. The Balaban J connectivity index is 2.42. The molecule has 2 aliphatic rings. The lowest BCUT2D eigenvalue weighted by Gasteiger charge is -2.19. The first-order chi connectivity index (χ1) is 7.08. The summed E-state index contributed by atoms with van der Waals surface area (Å²) in [5.74, 6) is 0. The molecule has 0 aromatic carbocycles. The standard InChI is InChI=1S/C14H19N/c1-14(2)9-7-12-6-4-5-11-15(3)13(12)8-10-14/h4,6-10H,5,11H2,1-3H3. The zero-order chi connectivity index (χ0) is 10.9. The summed E-state index contributed by atoms with van der Waals surface area (Å²) in [5.41, 5.74) is 2.84. The molecule has 0 bridgehead atoms. The molecular formula is C14H19N. The molecule has 0 aromatic rings. The van der Waals surface area contributed by atoms with Crippen molar-refractivity contribution in [1.82, 2.24) is 4.90 Å². The summed E-state index contributed by atoms with van der Waals surface area (Å²) < 4.78 is 0. The first-order valence-corrected chi connectivity index (χ1v) is 5.59. The van der Waals surface area contributed by atoms with Crippen molar-refractivity contribution >= 4 is 0 Å². The van der Waals surface area contributed by atoms with Crippen molar-refractivity contribution in [2.24, 2.45) is 5.41 Å². The summed E-state index contributed by atoms with van der Waals surface area (Å²) in [6.45, 7) is 5.57. The molecule has 15 heavy (non-hydrogen) atoms. The van der Waals surface area contributed by atoms with Gasteiger partial charge < -0.3 is 4.90 Å². The van der Waals surface area contributed by atoms with Gasteiger partial charge in [0.15, 0.2) is 0 Å². The molecule has 80 valence electrons. The van der Waals surface area contributed by atoms with Crippen LogP contribution in [0.4, 0.5) is 0 Å². The van der Waals surface area contributed by atoms with Crippen LogP contribution in [0.2, 0.25) is 0 Å². The fourth-order valence-corrected chi connectivity index (χ4v) is 1.92. The molecular weight excluding hydrogens is 182 g/mol. The lowest BCUT2D eigenvalue weighted by atomic mass is 9.93. The van der Waals surface area contributed by atoms with E-state index in [0.717, 1.165) is 13.0 Å². The van der Waals surface area contributed by atoms with Crippen LogP contribution in [0.3, 0.4) is 0 Å². The summed E-state index contributed by atoms with van der Waals surface area (Å²) >= 11 is 0. The molecule has 0 N–H and O–H groups in total. The molecule has 0 fully saturated rings. The second-order valence-electron chi connectivity index (χ2n) is 4.94. The molecule has 0 unspecified atom stereocenters. The predicted octanol–water partition coefficient (Wildman–Crippen LogP) is 3.28. The molecule has 0 saturated carbocycles. The molecule has 0 amide bonds. The van der Waals surface area contributed by atoms with Crippen molar-refractivity contribution in [3.05, 3.63) is 47.7 Å². The molecule has 1 heterocycles. The highest BCUT2D eigenvalue weighted by Crippen LogP contribution is 2.28. The van der Waals surface area contributed by atoms with Gasteiger partial charge in [0.25, 0.3) is 0 Å². The third-order valence-electron chi connectivity index (χ3n) is 3.00. The maximum absolute atomic E-state index is 2.33. The molecule has 0 spiro atoms. The Bertz CT molecular complexity index is 367. The fraction of sp³-hybridized carbons (Fsp3) is 0.429. The quantitative estimate of drug-likeness (QED) is 0.581. The van der Waals surface area contributed by atoms with Gasteiger partial charge in [-0.2, -0.15) is 0 Å². The monoisotopic (exact) mass is 201 g/mol. The first kappa shape index (κ1) is 10.3. The zero-order valence-electron chi connectivity index (χ0n) is 9.83. The van der Waals surface area contributed by atoms with E-state index < -0.39 is 0 Å². The number of hydrogen-bond donors (Lipinski definition) is 0. The minimum Gasteiger partial charge on any atom is -0.374 e. The van der Waals surface area contributed by atoms with Gasteiger partial charge in [0.05, 0.1) is 0 Å². The van der Waals surface area contributed by atoms with Crippen molar-refractivity contribution in [2.75, 3.05) is 13.6 Å². The van der Waals surface area contributed by atoms with Gasteiger partial charge in [-0.15, -0.1) is 0 Å². The summed E-state index contributed by atoms with van der Waals surface area (Å²) in [6, 6.07) is 0. The highest BCUT2D eigenvalue weighted by molar-refractivity contribution is 5.44. The maximum Gasteiger partial charge on any atom is 0.0434 e. The van der Waals surface area contributed by atoms with E-state index in [1.165, 1.54) is 11.3 Å². The Morgan fingerprint density at radius 2 is 1.87 bits per heavy atom. The van der Waals surface area contributed by atoms with Crippen molar-refractivity contribution in [1.29, 1.82) is 0 Å². The molecule has 1 aliphatic heterocycles. The van der Waals surface area contributed by atoms with E-state index in [0.29, 0.717) is 0 Å². The zero-order valence-corrected chi connectivity index (χ0v) is 9.83. The van der Waals surface area contributed by atoms with E-state index in [-0.39, 0.29) is 5.41 Å². The topological polar surface area (TPSA) is 3.24 Å². The Morgan fingerprint density at radius 1 is 1.13 bits per heavy atom. The van der Waals surface area contributed by atoms with Crippen LogP contribution >= 0.6 is 0 Å². The summed E-state index contributed by atoms with van der Waals surface area (Å²) in [5, 5.41) is 0. The number of rotatable bonds is 0. The Labute approximate surface area is 92.5 Å². The summed E-state index contributed by atoms with van der Waals surface area (Å²) in [6.07, 6.45) is 14.7. The first-order valence-electron chi connectivity index (χ1n) is 5.59. The largest absolute Gasteiger partial charge is 0.374 e. The van der Waals surface area contributed by atoms with Crippen LogP contribution in [0.5, 0.6) is 0 Å². The Kier molecular flexibility index (Phi) is 2.56. The predicted molar refractivity (Wildman–Crippen MR) is 65.5 cm³/mol. The SMILES string of the molecule is CN1CCC=CC2=C1C=CC(C)(C)C=C2. The van der Waals surface area contributed by atoms with Gasteiger partial charge in [0.2, 0.25) is 0 Å². The van der Waals surface area contributed by atoms with Crippen LogP contribution in [0, 0.1) is 5.41 Å². The van der Waals surface area contributed by atoms with Gasteiger partial charge in [-0.3, -0.25) is 0 Å². The maximum atomic E-state index is 2.33. The van der Waals surface area contributed by atoms with Crippen molar-refractivity contribution in [3.63, 3.8) is 0 Å². The average Bonchev–Trinajstić information content (AvgIpc) is 2.42. The van der Waals surface area contributed by atoms with Gasteiger partial charge in [-0.05, 0) is 18.1 Å². The Morgan fingerprint density at radius 3 is 2.67 bits per heavy atom. The highest BCUT2D eigenvalue weighted by atomic mass is 15.1. The minimum absolute atomic E-state index is 0.168. The molecule has 0 aromatic heterocycles. The van der Waals surface area contributed by atoms with Crippen LogP contribution in [0.1, 0.15) is 20.3 Å². The molecule has 1 heteroatoms. The van der Waals surface area contributed by atoms with Crippen molar-refractivity contribution in [3.8, 4) is 0 Å². The van der Waals surface area contributed by atoms with Gasteiger partial charge >= 0.3 is 0 Å². The third kappa shape index (κ3) is 2.23. The number of hydrogen-bond acceptors (Lipinski definition) is 1. The van der Waals surface area contributed by atoms with Crippen LogP contribution in [-0.2, 0) is 0 Å². The van der Waals surface area contributed by atoms with E-state index in [2.05, 4.69) is 62.3 Å². The van der Waals surface area contributed by atoms with E-state index in [9.17, 15) is 0 Å². The van der Waals surface area contributed by atoms with E-state index in [1.807, 2.05) is 0 Å². The van der Waals surface area contributed by atoms with Gasteiger partial charge in [0.1, 0.15) is 0 Å². The van der Waals surface area contributed by atoms with Crippen molar-refractivity contribution in [2.45, 2.75) is 20.3 Å². The van der Waals surface area contributed by atoms with Crippen LogP contribution < -0.4 is 0 Å². The summed E-state index contributed by atoms with van der Waals surface area (Å²) in [7, 11) is 2.17. The second-order valence-corrected chi connectivity index (χ2v) is 4.94. The van der Waals surface area contributed by atoms with Crippen LogP contribution in [-0.4, -0.2) is 18.5 Å².